The summed E-state index contributed by atoms with van der Waals surface area (Å²) in [5.74, 6) is 0. The molecule has 1 aromatic rings. The van der Waals surface area contributed by atoms with Crippen LogP contribution in [0.4, 0.5) is 0 Å². The predicted octanol–water partition coefficient (Wildman–Crippen LogP) is 2.19. The lowest BCUT2D eigenvalue weighted by Crippen LogP contribution is -2.48. The molecule has 1 saturated heterocycles. The standard InChI is InChI=1S/C27H51N5O/c1-5-28-16-18-29(6-2)20-22-32(23-21-30(7-3)19-17-28)25-27(33)24-31(8-4)15-14-26-12-10-9-11-13-26/h9-13,27,33H,5-8,14-25H2,1-4H3. The van der Waals surface area contributed by atoms with E-state index >= 15 is 0 Å². The van der Waals surface area contributed by atoms with E-state index in [-0.39, 0.29) is 6.10 Å². The Labute approximate surface area is 204 Å². The lowest BCUT2D eigenvalue weighted by Gasteiger charge is -2.34. The number of nitrogens with zero attached hydrogens (tertiary/aromatic N) is 5. The van der Waals surface area contributed by atoms with Gasteiger partial charge in [0.25, 0.3) is 0 Å². The smallest absolute Gasteiger partial charge is 0.0793 e. The third-order valence-electron chi connectivity index (χ3n) is 7.22. The molecule has 1 fully saturated rings. The average molecular weight is 462 g/mol. The van der Waals surface area contributed by atoms with Crippen molar-refractivity contribution in [2.75, 3.05) is 98.2 Å². The number of benzene rings is 1. The van der Waals surface area contributed by atoms with Gasteiger partial charge in [-0.15, -0.1) is 0 Å². The zero-order chi connectivity index (χ0) is 23.9. The van der Waals surface area contributed by atoms with Gasteiger partial charge in [-0.1, -0.05) is 58.0 Å². The van der Waals surface area contributed by atoms with Gasteiger partial charge in [-0.25, -0.2) is 0 Å². The molecular weight excluding hydrogens is 410 g/mol. The Hall–Kier alpha value is -1.02. The van der Waals surface area contributed by atoms with Crippen molar-refractivity contribution in [3.05, 3.63) is 35.9 Å². The largest absolute Gasteiger partial charge is 0.390 e. The molecule has 0 aliphatic carbocycles. The first kappa shape index (κ1) is 28.2. The van der Waals surface area contributed by atoms with Gasteiger partial charge in [0.05, 0.1) is 6.10 Å². The molecule has 190 valence electrons. The molecule has 1 N–H and O–H groups in total. The highest BCUT2D eigenvalue weighted by atomic mass is 16.3. The fourth-order valence-corrected chi connectivity index (χ4v) is 4.67. The van der Waals surface area contributed by atoms with E-state index in [2.05, 4.69) is 82.5 Å². The van der Waals surface area contributed by atoms with Gasteiger partial charge in [0, 0.05) is 72.0 Å². The number of likely N-dealkylation sites (N-methyl/N-ethyl adjacent to an activating group) is 4. The van der Waals surface area contributed by atoms with Crippen molar-refractivity contribution in [3.8, 4) is 0 Å². The second-order valence-electron chi connectivity index (χ2n) is 9.39. The molecule has 1 aliphatic heterocycles. The van der Waals surface area contributed by atoms with Crippen LogP contribution in [-0.4, -0.2) is 134 Å². The van der Waals surface area contributed by atoms with Crippen LogP contribution in [-0.2, 0) is 6.42 Å². The first-order chi connectivity index (χ1) is 16.1. The van der Waals surface area contributed by atoms with Crippen LogP contribution in [0.3, 0.4) is 0 Å². The Morgan fingerprint density at radius 1 is 0.727 bits per heavy atom. The van der Waals surface area contributed by atoms with Gasteiger partial charge >= 0.3 is 0 Å². The fourth-order valence-electron chi connectivity index (χ4n) is 4.67. The number of aliphatic hydroxyl groups is 1. The first-order valence-corrected chi connectivity index (χ1v) is 13.4. The molecule has 0 saturated carbocycles. The van der Waals surface area contributed by atoms with Crippen molar-refractivity contribution < 1.29 is 5.11 Å². The zero-order valence-electron chi connectivity index (χ0n) is 22.0. The van der Waals surface area contributed by atoms with E-state index in [9.17, 15) is 5.11 Å². The molecule has 6 heteroatoms. The molecule has 0 aromatic heterocycles. The van der Waals surface area contributed by atoms with Crippen molar-refractivity contribution in [2.45, 2.75) is 40.2 Å². The fraction of sp³-hybridized carbons (Fsp3) is 0.778. The van der Waals surface area contributed by atoms with Gasteiger partial charge in [-0.05, 0) is 38.2 Å². The van der Waals surface area contributed by atoms with Gasteiger partial charge in [0.1, 0.15) is 0 Å². The molecule has 2 rings (SSSR count). The van der Waals surface area contributed by atoms with Gasteiger partial charge in [0.15, 0.2) is 0 Å². The van der Waals surface area contributed by atoms with Crippen LogP contribution in [0, 0.1) is 0 Å². The van der Waals surface area contributed by atoms with E-state index in [1.165, 1.54) is 5.56 Å². The van der Waals surface area contributed by atoms with Crippen LogP contribution < -0.4 is 0 Å². The van der Waals surface area contributed by atoms with E-state index in [4.69, 9.17) is 0 Å². The number of β-amino-alcohol motifs (C(OH)–C–C–N with tert-alkyl or cyclic N) is 1. The van der Waals surface area contributed by atoms with Crippen LogP contribution in [0.2, 0.25) is 0 Å². The van der Waals surface area contributed by atoms with Crippen molar-refractivity contribution in [2.24, 2.45) is 0 Å². The molecule has 0 spiro atoms. The van der Waals surface area contributed by atoms with E-state index < -0.39 is 0 Å². The highest BCUT2D eigenvalue weighted by Gasteiger charge is 2.18. The minimum absolute atomic E-state index is 0.311. The second-order valence-corrected chi connectivity index (χ2v) is 9.39. The third-order valence-corrected chi connectivity index (χ3v) is 7.22. The molecule has 1 atom stereocenters. The van der Waals surface area contributed by atoms with E-state index in [1.54, 1.807) is 0 Å². The van der Waals surface area contributed by atoms with Crippen LogP contribution in [0.5, 0.6) is 0 Å². The summed E-state index contributed by atoms with van der Waals surface area (Å²) < 4.78 is 0. The molecule has 0 bridgehead atoms. The van der Waals surface area contributed by atoms with Crippen molar-refractivity contribution >= 4 is 0 Å². The molecule has 33 heavy (non-hydrogen) atoms. The molecule has 1 aliphatic rings. The van der Waals surface area contributed by atoms with Crippen LogP contribution in [0.1, 0.15) is 33.3 Å². The second kappa shape index (κ2) is 16.6. The first-order valence-electron chi connectivity index (χ1n) is 13.4. The molecule has 0 amide bonds. The van der Waals surface area contributed by atoms with Gasteiger partial charge in [-0.2, -0.15) is 0 Å². The summed E-state index contributed by atoms with van der Waals surface area (Å²) in [6.07, 6.45) is 0.728. The molecule has 1 aromatic carbocycles. The van der Waals surface area contributed by atoms with E-state index in [1.807, 2.05) is 0 Å². The SMILES string of the molecule is CCN1CCN(CC)CCN(CC(O)CN(CC)CCc2ccccc2)CCN(CC)CC1. The van der Waals surface area contributed by atoms with Gasteiger partial charge in [-0.3, -0.25) is 4.90 Å². The molecule has 1 unspecified atom stereocenters. The maximum atomic E-state index is 11.0. The Balaban J connectivity index is 1.89. The topological polar surface area (TPSA) is 36.4 Å². The summed E-state index contributed by atoms with van der Waals surface area (Å²) in [5.41, 5.74) is 1.37. The Morgan fingerprint density at radius 2 is 1.18 bits per heavy atom. The average Bonchev–Trinajstić information content (AvgIpc) is 2.84. The van der Waals surface area contributed by atoms with Crippen molar-refractivity contribution in [3.63, 3.8) is 0 Å². The normalized spacial score (nSPS) is 19.9. The predicted molar refractivity (Wildman–Crippen MR) is 141 cm³/mol. The summed E-state index contributed by atoms with van der Waals surface area (Å²) in [6, 6.07) is 10.7. The molecule has 0 radical (unpaired) electrons. The quantitative estimate of drug-likeness (QED) is 0.544. The molecular formula is C27H51N5O. The van der Waals surface area contributed by atoms with E-state index in [0.717, 1.165) is 105 Å². The number of rotatable bonds is 11. The summed E-state index contributed by atoms with van der Waals surface area (Å²) in [4.78, 5) is 12.6. The summed E-state index contributed by atoms with van der Waals surface area (Å²) in [6.45, 7) is 24.6. The summed E-state index contributed by atoms with van der Waals surface area (Å²) >= 11 is 0. The minimum atomic E-state index is -0.311. The minimum Gasteiger partial charge on any atom is -0.390 e. The van der Waals surface area contributed by atoms with Crippen molar-refractivity contribution in [1.82, 2.24) is 24.5 Å². The lowest BCUT2D eigenvalue weighted by atomic mass is 10.1. The third kappa shape index (κ3) is 11.3. The Kier molecular flexibility index (Phi) is 14.2. The molecule has 1 heterocycles. The lowest BCUT2D eigenvalue weighted by molar-refractivity contribution is 0.0636. The summed E-state index contributed by atoms with van der Waals surface area (Å²) in [5, 5.41) is 11.0. The number of hydrogen-bond donors (Lipinski definition) is 1. The van der Waals surface area contributed by atoms with Gasteiger partial charge in [0.2, 0.25) is 0 Å². The maximum Gasteiger partial charge on any atom is 0.0793 e. The Bertz CT molecular complexity index is 581. The highest BCUT2D eigenvalue weighted by Crippen LogP contribution is 2.05. The zero-order valence-corrected chi connectivity index (χ0v) is 22.0. The van der Waals surface area contributed by atoms with E-state index in [0.29, 0.717) is 0 Å². The Morgan fingerprint density at radius 3 is 1.61 bits per heavy atom. The monoisotopic (exact) mass is 461 g/mol. The van der Waals surface area contributed by atoms with Crippen molar-refractivity contribution in [1.29, 1.82) is 0 Å². The van der Waals surface area contributed by atoms with Crippen LogP contribution >= 0.6 is 0 Å². The maximum absolute atomic E-state index is 11.0. The van der Waals surface area contributed by atoms with Crippen LogP contribution in [0.15, 0.2) is 30.3 Å². The highest BCUT2D eigenvalue weighted by molar-refractivity contribution is 5.14. The van der Waals surface area contributed by atoms with Crippen LogP contribution in [0.25, 0.3) is 0 Å². The number of aliphatic hydroxyl groups excluding tert-OH is 1. The van der Waals surface area contributed by atoms with Gasteiger partial charge < -0.3 is 24.7 Å². The molecule has 6 nitrogen and oxygen atoms in total. The summed E-state index contributed by atoms with van der Waals surface area (Å²) in [7, 11) is 0. The number of hydrogen-bond acceptors (Lipinski definition) is 6.